The average Bonchev–Trinajstić information content (AvgIpc) is 2.40. The molecule has 1 N–H and O–H groups in total. The van der Waals surface area contributed by atoms with Gasteiger partial charge in [0, 0.05) is 18.7 Å². The van der Waals surface area contributed by atoms with Crippen molar-refractivity contribution in [2.24, 2.45) is 4.99 Å². The van der Waals surface area contributed by atoms with Gasteiger partial charge in [0.25, 0.3) is 0 Å². The molecule has 0 spiro atoms. The van der Waals surface area contributed by atoms with E-state index in [1.807, 2.05) is 0 Å². The van der Waals surface area contributed by atoms with Crippen molar-refractivity contribution in [2.75, 3.05) is 20.2 Å². The Morgan fingerprint density at radius 1 is 1.39 bits per heavy atom. The van der Waals surface area contributed by atoms with E-state index in [-0.39, 0.29) is 18.2 Å². The first-order valence-corrected chi connectivity index (χ1v) is 5.74. The number of aliphatic imine (C=N–C) groups is 1. The van der Waals surface area contributed by atoms with Crippen LogP contribution in [0.3, 0.4) is 0 Å². The Kier molecular flexibility index (Phi) is 5.65. The summed E-state index contributed by atoms with van der Waals surface area (Å²) in [5.41, 5.74) is 0.695. The molecule has 98 valence electrons. The molecule has 1 aliphatic rings. The Morgan fingerprint density at radius 3 is 2.67 bits per heavy atom. The van der Waals surface area contributed by atoms with Crippen LogP contribution in [0.1, 0.15) is 23.2 Å². The number of hydrogen-bond acceptors (Lipinski definition) is 4. The second-order valence-electron chi connectivity index (χ2n) is 3.94. The number of amidine groups is 1. The number of halogens is 1. The van der Waals surface area contributed by atoms with Crippen LogP contribution in [-0.2, 0) is 0 Å². The number of nitrogens with zero attached hydrogens (tertiary/aromatic N) is 1. The molecule has 0 atom stereocenters. The van der Waals surface area contributed by atoms with E-state index in [4.69, 9.17) is 4.74 Å². The first kappa shape index (κ1) is 14.5. The minimum atomic E-state index is 0. The molecule has 1 aliphatic heterocycles. The summed E-state index contributed by atoms with van der Waals surface area (Å²) in [6, 6.07) is 7.15. The van der Waals surface area contributed by atoms with Crippen LogP contribution in [0.25, 0.3) is 0 Å². The van der Waals surface area contributed by atoms with Crippen molar-refractivity contribution < 1.29 is 9.53 Å². The summed E-state index contributed by atoms with van der Waals surface area (Å²) in [7, 11) is 1.61. The maximum Gasteiger partial charge on any atom is 0.170 e. The van der Waals surface area contributed by atoms with Gasteiger partial charge in [-0.25, -0.2) is 0 Å². The summed E-state index contributed by atoms with van der Waals surface area (Å²) < 4.78 is 5.05. The Morgan fingerprint density at radius 2 is 2.11 bits per heavy atom. The number of Topliss-reactive ketones (excluding diaryl/α,β-unsaturated/α-hetero) is 1. The van der Waals surface area contributed by atoms with E-state index in [0.717, 1.165) is 31.1 Å². The maximum absolute atomic E-state index is 12.0. The van der Waals surface area contributed by atoms with Gasteiger partial charge in [0.05, 0.1) is 13.5 Å². The minimum absolute atomic E-state index is 0. The van der Waals surface area contributed by atoms with Crippen LogP contribution >= 0.6 is 12.4 Å². The molecule has 0 saturated heterocycles. The predicted octanol–water partition coefficient (Wildman–Crippen LogP) is 2.08. The van der Waals surface area contributed by atoms with Crippen molar-refractivity contribution in [3.8, 4) is 5.75 Å². The molecule has 4 nitrogen and oxygen atoms in total. The standard InChI is InChI=1S/C13H16N2O2.ClH/c1-17-11-5-3-10(4-6-11)12(16)9-13-14-7-2-8-15-13;/h3-6H,2,7-9H2,1H3,(H,14,15);1H. The van der Waals surface area contributed by atoms with Gasteiger partial charge in [0.2, 0.25) is 0 Å². The fourth-order valence-electron chi connectivity index (χ4n) is 1.73. The van der Waals surface area contributed by atoms with E-state index in [1.165, 1.54) is 0 Å². The molecule has 0 saturated carbocycles. The summed E-state index contributed by atoms with van der Waals surface area (Å²) in [5.74, 6) is 1.65. The first-order chi connectivity index (χ1) is 8.29. The zero-order valence-corrected chi connectivity index (χ0v) is 11.1. The molecule has 0 unspecified atom stereocenters. The summed E-state index contributed by atoms with van der Waals surface area (Å²) in [6.45, 7) is 1.73. The molecule has 0 fully saturated rings. The maximum atomic E-state index is 12.0. The van der Waals surface area contributed by atoms with Crippen LogP contribution in [0.15, 0.2) is 29.3 Å². The van der Waals surface area contributed by atoms with Gasteiger partial charge >= 0.3 is 0 Å². The highest BCUT2D eigenvalue weighted by molar-refractivity contribution is 6.09. The average molecular weight is 269 g/mol. The fraction of sp³-hybridized carbons (Fsp3) is 0.385. The molecular weight excluding hydrogens is 252 g/mol. The molecule has 0 bridgehead atoms. The van der Waals surface area contributed by atoms with Gasteiger partial charge in [0.15, 0.2) is 5.78 Å². The van der Waals surface area contributed by atoms with Gasteiger partial charge in [0.1, 0.15) is 11.6 Å². The highest BCUT2D eigenvalue weighted by Crippen LogP contribution is 2.13. The molecule has 0 radical (unpaired) electrons. The van der Waals surface area contributed by atoms with Crippen molar-refractivity contribution in [3.05, 3.63) is 29.8 Å². The molecule has 2 rings (SSSR count). The number of rotatable bonds is 4. The van der Waals surface area contributed by atoms with Gasteiger partial charge in [-0.2, -0.15) is 0 Å². The van der Waals surface area contributed by atoms with Crippen molar-refractivity contribution in [1.29, 1.82) is 0 Å². The minimum Gasteiger partial charge on any atom is -0.497 e. The van der Waals surface area contributed by atoms with Crippen LogP contribution in [0.5, 0.6) is 5.75 Å². The third-order valence-corrected chi connectivity index (χ3v) is 2.71. The fourth-order valence-corrected chi connectivity index (χ4v) is 1.73. The molecular formula is C13H17ClN2O2. The third kappa shape index (κ3) is 3.74. The number of ether oxygens (including phenoxy) is 1. The van der Waals surface area contributed by atoms with Crippen molar-refractivity contribution in [2.45, 2.75) is 12.8 Å². The Bertz CT molecular complexity index is 429. The zero-order chi connectivity index (χ0) is 12.1. The molecule has 5 heteroatoms. The van der Waals surface area contributed by atoms with Gasteiger partial charge in [-0.05, 0) is 30.7 Å². The van der Waals surface area contributed by atoms with Crippen LogP contribution in [0, 0.1) is 0 Å². The quantitative estimate of drug-likeness (QED) is 0.851. The molecule has 0 amide bonds. The number of carbonyl (C=O) groups is 1. The molecule has 0 aliphatic carbocycles. The second-order valence-corrected chi connectivity index (χ2v) is 3.94. The highest BCUT2D eigenvalue weighted by atomic mass is 35.5. The lowest BCUT2D eigenvalue weighted by atomic mass is 10.1. The lowest BCUT2D eigenvalue weighted by Gasteiger charge is -2.13. The van der Waals surface area contributed by atoms with Gasteiger partial charge in [-0.3, -0.25) is 9.79 Å². The number of methoxy groups -OCH3 is 1. The summed E-state index contributed by atoms with van der Waals surface area (Å²) in [5, 5.41) is 3.15. The first-order valence-electron chi connectivity index (χ1n) is 5.74. The number of ketones is 1. The lowest BCUT2D eigenvalue weighted by Crippen LogP contribution is -2.31. The lowest BCUT2D eigenvalue weighted by molar-refractivity contribution is 0.0999. The van der Waals surface area contributed by atoms with E-state index in [1.54, 1.807) is 31.4 Å². The van der Waals surface area contributed by atoms with Crippen LogP contribution in [0.4, 0.5) is 0 Å². The number of hydrogen-bond donors (Lipinski definition) is 1. The largest absolute Gasteiger partial charge is 0.497 e. The van der Waals surface area contributed by atoms with Crippen LogP contribution in [0.2, 0.25) is 0 Å². The molecule has 1 heterocycles. The van der Waals surface area contributed by atoms with Gasteiger partial charge in [-0.1, -0.05) is 0 Å². The topological polar surface area (TPSA) is 50.7 Å². The normalized spacial score (nSPS) is 13.9. The molecule has 18 heavy (non-hydrogen) atoms. The highest BCUT2D eigenvalue weighted by Gasteiger charge is 2.11. The third-order valence-electron chi connectivity index (χ3n) is 2.71. The van der Waals surface area contributed by atoms with Gasteiger partial charge < -0.3 is 10.1 Å². The summed E-state index contributed by atoms with van der Waals surface area (Å²) >= 11 is 0. The van der Waals surface area contributed by atoms with Crippen molar-refractivity contribution in [3.63, 3.8) is 0 Å². The Labute approximate surface area is 113 Å². The number of nitrogens with one attached hydrogen (secondary N) is 1. The Balaban J connectivity index is 0.00000162. The van der Waals surface area contributed by atoms with Crippen molar-refractivity contribution in [1.82, 2.24) is 5.32 Å². The Hall–Kier alpha value is -1.55. The molecule has 0 aromatic heterocycles. The summed E-state index contributed by atoms with van der Waals surface area (Å²) in [6.07, 6.45) is 1.40. The van der Waals surface area contributed by atoms with Crippen molar-refractivity contribution >= 4 is 24.0 Å². The van der Waals surface area contributed by atoms with E-state index in [9.17, 15) is 4.79 Å². The van der Waals surface area contributed by atoms with E-state index < -0.39 is 0 Å². The van der Waals surface area contributed by atoms with E-state index in [2.05, 4.69) is 10.3 Å². The van der Waals surface area contributed by atoms with Crippen LogP contribution in [-0.4, -0.2) is 31.8 Å². The van der Waals surface area contributed by atoms with E-state index in [0.29, 0.717) is 12.0 Å². The SMILES string of the molecule is COc1ccc(C(=O)CC2=NCCCN2)cc1.Cl. The van der Waals surface area contributed by atoms with Gasteiger partial charge in [-0.15, -0.1) is 12.4 Å². The number of carbonyl (C=O) groups excluding carboxylic acids is 1. The number of benzene rings is 1. The second kappa shape index (κ2) is 7.01. The smallest absolute Gasteiger partial charge is 0.170 e. The van der Waals surface area contributed by atoms with Crippen LogP contribution < -0.4 is 10.1 Å². The zero-order valence-electron chi connectivity index (χ0n) is 10.3. The molecule has 1 aromatic rings. The predicted molar refractivity (Wildman–Crippen MR) is 74.1 cm³/mol. The monoisotopic (exact) mass is 268 g/mol. The van der Waals surface area contributed by atoms with E-state index >= 15 is 0 Å². The summed E-state index contributed by atoms with van der Waals surface area (Å²) in [4.78, 5) is 16.2. The molecule has 1 aromatic carbocycles.